The van der Waals surface area contributed by atoms with E-state index >= 15 is 0 Å². The van der Waals surface area contributed by atoms with E-state index < -0.39 is 19.9 Å². The molecule has 0 aromatic rings. The second kappa shape index (κ2) is 5.09. The van der Waals surface area contributed by atoms with Crippen LogP contribution in [0.4, 0.5) is 0 Å². The predicted molar refractivity (Wildman–Crippen MR) is 56.4 cm³/mol. The molecule has 0 aromatic heterocycles. The van der Waals surface area contributed by atoms with Gasteiger partial charge in [0.15, 0.2) is 9.84 Å². The molecule has 0 aliphatic carbocycles. The minimum Gasteiger partial charge on any atom is -0.229 e. The molecule has 0 amide bonds. The lowest BCUT2D eigenvalue weighted by Crippen LogP contribution is -2.43. The van der Waals surface area contributed by atoms with E-state index in [2.05, 4.69) is 0 Å². The van der Waals surface area contributed by atoms with Crippen molar-refractivity contribution in [3.05, 3.63) is 0 Å². The zero-order valence-corrected chi connectivity index (χ0v) is 10.4. The van der Waals surface area contributed by atoms with Gasteiger partial charge in [-0.2, -0.15) is 0 Å². The van der Waals surface area contributed by atoms with Crippen LogP contribution in [0.25, 0.3) is 0 Å². The van der Waals surface area contributed by atoms with Gasteiger partial charge in [-0.3, -0.25) is 0 Å². The lowest BCUT2D eigenvalue weighted by atomic mass is 10.6. The van der Waals surface area contributed by atoms with Crippen LogP contribution in [0.15, 0.2) is 0 Å². The van der Waals surface area contributed by atoms with Crippen LogP contribution in [-0.4, -0.2) is 52.0 Å². The quantitative estimate of drug-likeness (QED) is 0.634. The van der Waals surface area contributed by atoms with Crippen molar-refractivity contribution in [2.75, 3.05) is 30.9 Å². The van der Waals surface area contributed by atoms with E-state index in [4.69, 9.17) is 0 Å². The fourth-order valence-corrected chi connectivity index (χ4v) is 3.31. The summed E-state index contributed by atoms with van der Waals surface area (Å²) in [6.07, 6.45) is 1.09. The molecule has 1 saturated heterocycles. The van der Waals surface area contributed by atoms with Crippen molar-refractivity contribution in [1.82, 2.24) is 4.31 Å². The number of sulfonamides is 1. The third kappa shape index (κ3) is 4.39. The van der Waals surface area contributed by atoms with Crippen molar-refractivity contribution in [2.24, 2.45) is 0 Å². The Balaban J connectivity index is 0.000000791. The van der Waals surface area contributed by atoms with E-state index in [1.165, 1.54) is 4.31 Å². The highest BCUT2D eigenvalue weighted by molar-refractivity contribution is 7.92. The number of rotatable bonds is 1. The molecule has 0 aromatic carbocycles. The van der Waals surface area contributed by atoms with Crippen molar-refractivity contribution in [3.8, 4) is 0 Å². The van der Waals surface area contributed by atoms with Crippen LogP contribution in [0.3, 0.4) is 0 Å². The van der Waals surface area contributed by atoms with Crippen LogP contribution < -0.4 is 0 Å². The first kappa shape index (κ1) is 13.9. The topological polar surface area (TPSA) is 71.5 Å². The maximum Gasteiger partial charge on any atom is 0.211 e. The zero-order valence-electron chi connectivity index (χ0n) is 8.73. The molecular formula is C7H17NO4S2. The summed E-state index contributed by atoms with van der Waals surface area (Å²) in [5, 5.41) is 0. The summed E-state index contributed by atoms with van der Waals surface area (Å²) in [7, 11) is -6.19. The van der Waals surface area contributed by atoms with Gasteiger partial charge in [0.1, 0.15) is 0 Å². The second-order valence-electron chi connectivity index (χ2n) is 2.81. The summed E-state index contributed by atoms with van der Waals surface area (Å²) in [4.78, 5) is 0. The number of nitrogens with zero attached hydrogens (tertiary/aromatic N) is 1. The zero-order chi connectivity index (χ0) is 11.4. The minimum atomic E-state index is -3.21. The maximum absolute atomic E-state index is 10.9. The maximum atomic E-state index is 10.9. The van der Waals surface area contributed by atoms with Crippen LogP contribution in [0.1, 0.15) is 13.8 Å². The third-order valence-corrected chi connectivity index (χ3v) is 4.68. The van der Waals surface area contributed by atoms with Crippen LogP contribution in [0.2, 0.25) is 0 Å². The van der Waals surface area contributed by atoms with Gasteiger partial charge in [0.2, 0.25) is 10.0 Å². The SMILES string of the molecule is CC.CS(=O)(=O)N1CCS(=O)(=O)CC1. The van der Waals surface area contributed by atoms with E-state index in [1.807, 2.05) is 13.8 Å². The Bertz CT molecular complexity index is 343. The van der Waals surface area contributed by atoms with E-state index in [1.54, 1.807) is 0 Å². The Morgan fingerprint density at radius 2 is 1.43 bits per heavy atom. The molecule has 1 fully saturated rings. The second-order valence-corrected chi connectivity index (χ2v) is 7.10. The average molecular weight is 243 g/mol. The van der Waals surface area contributed by atoms with Gasteiger partial charge in [-0.05, 0) is 0 Å². The molecule has 86 valence electrons. The number of hydrogen-bond acceptors (Lipinski definition) is 4. The van der Waals surface area contributed by atoms with Crippen molar-refractivity contribution in [2.45, 2.75) is 13.8 Å². The Morgan fingerprint density at radius 3 is 1.71 bits per heavy atom. The molecule has 1 aliphatic rings. The summed E-state index contributed by atoms with van der Waals surface area (Å²) in [6.45, 7) is 4.20. The van der Waals surface area contributed by atoms with Crippen LogP contribution >= 0.6 is 0 Å². The van der Waals surface area contributed by atoms with Crippen LogP contribution in [0, 0.1) is 0 Å². The smallest absolute Gasteiger partial charge is 0.211 e. The fourth-order valence-electron chi connectivity index (χ4n) is 1.03. The molecule has 0 bridgehead atoms. The van der Waals surface area contributed by atoms with Crippen molar-refractivity contribution >= 4 is 19.9 Å². The lowest BCUT2D eigenvalue weighted by molar-refractivity contribution is 0.435. The lowest BCUT2D eigenvalue weighted by Gasteiger charge is -2.23. The molecule has 1 heterocycles. The van der Waals surface area contributed by atoms with Gasteiger partial charge >= 0.3 is 0 Å². The highest BCUT2D eigenvalue weighted by Crippen LogP contribution is 2.06. The van der Waals surface area contributed by atoms with E-state index in [0.29, 0.717) is 0 Å². The van der Waals surface area contributed by atoms with Gasteiger partial charge in [-0.15, -0.1) is 0 Å². The Labute approximate surface area is 86.1 Å². The van der Waals surface area contributed by atoms with Crippen LogP contribution in [0.5, 0.6) is 0 Å². The van der Waals surface area contributed by atoms with E-state index in [0.717, 1.165) is 6.26 Å². The van der Waals surface area contributed by atoms with Crippen molar-refractivity contribution in [1.29, 1.82) is 0 Å². The molecular weight excluding hydrogens is 226 g/mol. The minimum absolute atomic E-state index is 0.0555. The van der Waals surface area contributed by atoms with E-state index in [9.17, 15) is 16.8 Å². The molecule has 0 unspecified atom stereocenters. The van der Waals surface area contributed by atoms with Gasteiger partial charge in [0.05, 0.1) is 17.8 Å². The first-order chi connectivity index (χ1) is 6.31. The molecule has 0 N–H and O–H groups in total. The van der Waals surface area contributed by atoms with Gasteiger partial charge < -0.3 is 0 Å². The van der Waals surface area contributed by atoms with Gasteiger partial charge in [-0.1, -0.05) is 13.8 Å². The molecule has 0 radical (unpaired) electrons. The van der Waals surface area contributed by atoms with E-state index in [-0.39, 0.29) is 24.6 Å². The molecule has 5 nitrogen and oxygen atoms in total. The molecule has 7 heteroatoms. The highest BCUT2D eigenvalue weighted by atomic mass is 32.2. The largest absolute Gasteiger partial charge is 0.229 e. The summed E-state index contributed by atoms with van der Waals surface area (Å²) >= 11 is 0. The fraction of sp³-hybridized carbons (Fsp3) is 1.00. The number of sulfone groups is 1. The summed E-state index contributed by atoms with van der Waals surface area (Å²) in [5.74, 6) is -0.111. The first-order valence-corrected chi connectivity index (χ1v) is 8.14. The Morgan fingerprint density at radius 1 is 1.07 bits per heavy atom. The molecule has 0 atom stereocenters. The number of hydrogen-bond donors (Lipinski definition) is 0. The average Bonchev–Trinajstić information content (AvgIpc) is 2.05. The van der Waals surface area contributed by atoms with Gasteiger partial charge in [-0.25, -0.2) is 21.1 Å². The van der Waals surface area contributed by atoms with Crippen molar-refractivity contribution in [3.63, 3.8) is 0 Å². The molecule has 0 spiro atoms. The predicted octanol–water partition coefficient (Wildman–Crippen LogP) is -0.297. The summed E-state index contributed by atoms with van der Waals surface area (Å²) in [6, 6.07) is 0. The summed E-state index contributed by atoms with van der Waals surface area (Å²) < 4.78 is 44.8. The third-order valence-electron chi connectivity index (χ3n) is 1.77. The summed E-state index contributed by atoms with van der Waals surface area (Å²) in [5.41, 5.74) is 0. The monoisotopic (exact) mass is 243 g/mol. The Hall–Kier alpha value is -0.140. The molecule has 14 heavy (non-hydrogen) atoms. The molecule has 0 saturated carbocycles. The first-order valence-electron chi connectivity index (χ1n) is 4.47. The normalized spacial score (nSPS) is 22.2. The Kier molecular flexibility index (Phi) is 5.03. The highest BCUT2D eigenvalue weighted by Gasteiger charge is 2.26. The van der Waals surface area contributed by atoms with Crippen molar-refractivity contribution < 1.29 is 16.8 Å². The molecule has 1 rings (SSSR count). The van der Waals surface area contributed by atoms with Crippen LogP contribution in [-0.2, 0) is 19.9 Å². The van der Waals surface area contributed by atoms with Gasteiger partial charge in [0, 0.05) is 13.1 Å². The standard InChI is InChI=1S/C5H11NO4S2.C2H6/c1-11(7,8)6-2-4-12(9,10)5-3-6;1-2/h2-5H2,1H3;1-2H3. The van der Waals surface area contributed by atoms with Gasteiger partial charge in [0.25, 0.3) is 0 Å². The molecule has 1 aliphatic heterocycles.